The maximum absolute atomic E-state index is 4.36. The fourth-order valence-electron chi connectivity index (χ4n) is 1.19. The number of allylic oxidation sites excluding steroid dienone is 2. The first-order chi connectivity index (χ1) is 4.86. The maximum Gasteiger partial charge on any atom is 0.270 e. The van der Waals surface area contributed by atoms with Crippen molar-refractivity contribution in [3.63, 3.8) is 0 Å². The van der Waals surface area contributed by atoms with Crippen molar-refractivity contribution in [2.45, 2.75) is 13.1 Å². The molecule has 1 unspecified atom stereocenters. The van der Waals surface area contributed by atoms with Crippen LogP contribution in [0.5, 0.6) is 0 Å². The van der Waals surface area contributed by atoms with Gasteiger partial charge in [0.15, 0.2) is 12.4 Å². The van der Waals surface area contributed by atoms with E-state index < -0.39 is 0 Å². The molecule has 2 rings (SSSR count). The molecule has 0 saturated carbocycles. The molecule has 10 heavy (non-hydrogen) atoms. The summed E-state index contributed by atoms with van der Waals surface area (Å²) in [4.78, 5) is 4.36. The van der Waals surface area contributed by atoms with E-state index in [0.717, 1.165) is 5.71 Å². The van der Waals surface area contributed by atoms with Gasteiger partial charge in [-0.1, -0.05) is 6.08 Å². The summed E-state index contributed by atoms with van der Waals surface area (Å²) >= 11 is 0. The third-order valence-electron chi connectivity index (χ3n) is 1.63. The van der Waals surface area contributed by atoms with Gasteiger partial charge in [-0.05, 0) is 6.92 Å². The summed E-state index contributed by atoms with van der Waals surface area (Å²) in [6.07, 6.45) is 10.4. The molecule has 0 bridgehead atoms. The third-order valence-corrected chi connectivity index (χ3v) is 1.63. The van der Waals surface area contributed by atoms with Crippen LogP contribution in [-0.4, -0.2) is 22.7 Å². The second kappa shape index (κ2) is 1.90. The molecule has 0 aromatic heterocycles. The lowest BCUT2D eigenvalue weighted by Crippen LogP contribution is -2.15. The highest BCUT2D eigenvalue weighted by Crippen LogP contribution is 2.07. The van der Waals surface area contributed by atoms with Crippen LogP contribution in [-0.2, 0) is 0 Å². The summed E-state index contributed by atoms with van der Waals surface area (Å²) < 4.78 is 2.09. The molecule has 0 aromatic rings. The zero-order valence-electron chi connectivity index (χ0n) is 5.86. The quantitative estimate of drug-likeness (QED) is 0.437. The van der Waals surface area contributed by atoms with Crippen molar-refractivity contribution in [1.29, 1.82) is 0 Å². The minimum Gasteiger partial charge on any atom is -0.212 e. The average Bonchev–Trinajstić information content (AvgIpc) is 2.27. The van der Waals surface area contributed by atoms with Gasteiger partial charge in [0, 0.05) is 12.2 Å². The van der Waals surface area contributed by atoms with Gasteiger partial charge < -0.3 is 0 Å². The van der Waals surface area contributed by atoms with Gasteiger partial charge in [-0.3, -0.25) is 0 Å². The molecule has 0 radical (unpaired) electrons. The van der Waals surface area contributed by atoms with Crippen LogP contribution in [0.15, 0.2) is 29.4 Å². The number of aliphatic imine (C=N–C) groups is 1. The SMILES string of the molecule is CC1=NC2C=CC=C[N+]2=C1. The fraction of sp³-hybridized carbons (Fsp3) is 0.250. The molecule has 2 aliphatic rings. The normalized spacial score (nSPS) is 27.9. The lowest BCUT2D eigenvalue weighted by Gasteiger charge is -1.99. The predicted octanol–water partition coefficient (Wildman–Crippen LogP) is 0.954. The number of nitrogens with zero attached hydrogens (tertiary/aromatic N) is 2. The Morgan fingerprint density at radius 2 is 2.40 bits per heavy atom. The number of rotatable bonds is 0. The molecule has 2 aliphatic heterocycles. The highest BCUT2D eigenvalue weighted by Gasteiger charge is 2.21. The van der Waals surface area contributed by atoms with Crippen LogP contribution in [0.2, 0.25) is 0 Å². The summed E-state index contributed by atoms with van der Waals surface area (Å²) in [5, 5.41) is 0. The first-order valence-electron chi connectivity index (χ1n) is 3.38. The van der Waals surface area contributed by atoms with E-state index in [1.807, 2.05) is 31.5 Å². The van der Waals surface area contributed by atoms with Gasteiger partial charge in [0.05, 0.1) is 0 Å². The van der Waals surface area contributed by atoms with Crippen LogP contribution in [0.4, 0.5) is 0 Å². The van der Waals surface area contributed by atoms with E-state index >= 15 is 0 Å². The summed E-state index contributed by atoms with van der Waals surface area (Å²) in [6.45, 7) is 2.01. The zero-order chi connectivity index (χ0) is 6.97. The maximum atomic E-state index is 4.36. The van der Waals surface area contributed by atoms with Crippen molar-refractivity contribution in [3.8, 4) is 0 Å². The van der Waals surface area contributed by atoms with Crippen LogP contribution < -0.4 is 0 Å². The molecule has 0 spiro atoms. The van der Waals surface area contributed by atoms with Crippen LogP contribution in [0, 0.1) is 0 Å². The van der Waals surface area contributed by atoms with Gasteiger partial charge in [-0.25, -0.2) is 4.99 Å². The van der Waals surface area contributed by atoms with Gasteiger partial charge in [0.2, 0.25) is 0 Å². The Bertz CT molecular complexity index is 269. The van der Waals surface area contributed by atoms with Gasteiger partial charge in [-0.15, -0.1) is 0 Å². The standard InChI is InChI=1S/C8H9N2/c1-7-6-10-5-3-2-4-8(10)9-7/h2-6,8H,1H3/q+1. The summed E-state index contributed by atoms with van der Waals surface area (Å²) in [7, 11) is 0. The monoisotopic (exact) mass is 133 g/mol. The van der Waals surface area contributed by atoms with E-state index in [2.05, 4.69) is 15.6 Å². The molecule has 0 fully saturated rings. The van der Waals surface area contributed by atoms with Crippen molar-refractivity contribution in [3.05, 3.63) is 24.4 Å². The second-order valence-corrected chi connectivity index (χ2v) is 2.49. The molecule has 2 heterocycles. The van der Waals surface area contributed by atoms with Crippen molar-refractivity contribution in [2.75, 3.05) is 0 Å². The first-order valence-corrected chi connectivity index (χ1v) is 3.38. The van der Waals surface area contributed by atoms with E-state index in [9.17, 15) is 0 Å². The minimum absolute atomic E-state index is 0.241. The molecule has 0 aliphatic carbocycles. The van der Waals surface area contributed by atoms with Crippen LogP contribution in [0.3, 0.4) is 0 Å². The Labute approximate surface area is 59.9 Å². The summed E-state index contributed by atoms with van der Waals surface area (Å²) in [5.74, 6) is 0. The second-order valence-electron chi connectivity index (χ2n) is 2.49. The third kappa shape index (κ3) is 0.727. The molecule has 0 saturated heterocycles. The molecular weight excluding hydrogens is 124 g/mol. The molecule has 0 aromatic carbocycles. The predicted molar refractivity (Wildman–Crippen MR) is 41.5 cm³/mol. The Morgan fingerprint density at radius 1 is 1.50 bits per heavy atom. The Kier molecular flexibility index (Phi) is 1.07. The average molecular weight is 133 g/mol. The number of hydrogen-bond acceptors (Lipinski definition) is 1. The van der Waals surface area contributed by atoms with E-state index in [1.54, 1.807) is 0 Å². The van der Waals surface area contributed by atoms with Gasteiger partial charge in [-0.2, -0.15) is 4.58 Å². The van der Waals surface area contributed by atoms with Gasteiger partial charge in [0.25, 0.3) is 6.17 Å². The summed E-state index contributed by atoms with van der Waals surface area (Å²) in [5.41, 5.74) is 1.10. The lowest BCUT2D eigenvalue weighted by atomic mass is 10.3. The van der Waals surface area contributed by atoms with E-state index in [1.165, 1.54) is 0 Å². The topological polar surface area (TPSA) is 15.4 Å². The molecule has 0 N–H and O–H groups in total. The van der Waals surface area contributed by atoms with Crippen LogP contribution in [0.25, 0.3) is 0 Å². The van der Waals surface area contributed by atoms with Crippen LogP contribution >= 0.6 is 0 Å². The fourth-order valence-corrected chi connectivity index (χ4v) is 1.19. The van der Waals surface area contributed by atoms with Gasteiger partial charge >= 0.3 is 0 Å². The smallest absolute Gasteiger partial charge is 0.212 e. The molecule has 2 heteroatoms. The van der Waals surface area contributed by atoms with Crippen molar-refractivity contribution in [1.82, 2.24) is 0 Å². The van der Waals surface area contributed by atoms with Crippen LogP contribution in [0.1, 0.15) is 6.92 Å². The minimum atomic E-state index is 0.241. The van der Waals surface area contributed by atoms with Gasteiger partial charge in [0.1, 0.15) is 5.71 Å². The summed E-state index contributed by atoms with van der Waals surface area (Å²) in [6, 6.07) is 0. The Hall–Kier alpha value is -1.18. The first kappa shape index (κ1) is 5.59. The van der Waals surface area contributed by atoms with E-state index in [0.29, 0.717) is 0 Å². The molecular formula is C8H9N2+. The number of hydrogen-bond donors (Lipinski definition) is 0. The molecule has 2 nitrogen and oxygen atoms in total. The largest absolute Gasteiger partial charge is 0.270 e. The lowest BCUT2D eigenvalue weighted by molar-refractivity contribution is -0.476. The Morgan fingerprint density at radius 3 is 3.20 bits per heavy atom. The molecule has 0 amide bonds. The van der Waals surface area contributed by atoms with Crippen molar-refractivity contribution < 1.29 is 4.58 Å². The highest BCUT2D eigenvalue weighted by molar-refractivity contribution is 6.28. The van der Waals surface area contributed by atoms with E-state index in [4.69, 9.17) is 0 Å². The molecule has 1 atom stereocenters. The van der Waals surface area contributed by atoms with Crippen molar-refractivity contribution in [2.24, 2.45) is 4.99 Å². The van der Waals surface area contributed by atoms with E-state index in [-0.39, 0.29) is 6.17 Å². The number of fused-ring (bicyclic) bond motifs is 1. The van der Waals surface area contributed by atoms with Crippen molar-refractivity contribution >= 4 is 11.9 Å². The molecule has 50 valence electrons. The zero-order valence-corrected chi connectivity index (χ0v) is 5.86. The highest BCUT2D eigenvalue weighted by atomic mass is 15.2. The Balaban J connectivity index is 2.40.